The maximum Gasteiger partial charge on any atom is 0.387 e. The molecule has 0 aromatic heterocycles. The van der Waals surface area contributed by atoms with Gasteiger partial charge in [-0.15, -0.1) is 0 Å². The molecule has 1 heterocycles. The summed E-state index contributed by atoms with van der Waals surface area (Å²) in [6.45, 7) is -1.82. The van der Waals surface area contributed by atoms with Crippen LogP contribution in [0.3, 0.4) is 0 Å². The number of carbonyl (C=O) groups is 3. The molecule has 0 bridgehead atoms. The normalized spacial score (nSPS) is 16.4. The first-order chi connectivity index (χ1) is 14.3. The van der Waals surface area contributed by atoms with E-state index < -0.39 is 42.9 Å². The number of imide groups is 1. The van der Waals surface area contributed by atoms with E-state index in [1.807, 2.05) is 0 Å². The zero-order valence-electron chi connectivity index (χ0n) is 15.8. The second-order valence-corrected chi connectivity index (χ2v) is 6.53. The van der Waals surface area contributed by atoms with Gasteiger partial charge in [0.25, 0.3) is 5.91 Å². The Bertz CT molecular complexity index is 935. The Morgan fingerprint density at radius 3 is 2.33 bits per heavy atom. The minimum Gasteiger partial charge on any atom is -0.435 e. The number of hydrogen-bond acceptors (Lipinski definition) is 4. The van der Waals surface area contributed by atoms with Crippen molar-refractivity contribution in [2.24, 2.45) is 0 Å². The zero-order valence-corrected chi connectivity index (χ0v) is 15.8. The van der Waals surface area contributed by atoms with E-state index in [0.29, 0.717) is 11.3 Å². The van der Waals surface area contributed by atoms with Crippen molar-refractivity contribution in [3.8, 4) is 5.75 Å². The average molecular weight is 421 g/mol. The van der Waals surface area contributed by atoms with Crippen molar-refractivity contribution < 1.29 is 32.3 Å². The predicted octanol–water partition coefficient (Wildman–Crippen LogP) is 2.90. The van der Waals surface area contributed by atoms with Gasteiger partial charge >= 0.3 is 12.6 Å². The van der Waals surface area contributed by atoms with Gasteiger partial charge in [0.15, 0.2) is 0 Å². The molecule has 0 spiro atoms. The zero-order chi connectivity index (χ0) is 21.8. The summed E-state index contributed by atoms with van der Waals surface area (Å²) >= 11 is 0. The third kappa shape index (κ3) is 4.70. The molecule has 30 heavy (non-hydrogen) atoms. The molecule has 2 aromatic carbocycles. The van der Waals surface area contributed by atoms with E-state index in [1.165, 1.54) is 60.4 Å². The summed E-state index contributed by atoms with van der Waals surface area (Å²) < 4.78 is 41.7. The van der Waals surface area contributed by atoms with Gasteiger partial charge in [0.05, 0.1) is 0 Å². The van der Waals surface area contributed by atoms with Crippen LogP contribution in [0.5, 0.6) is 5.75 Å². The summed E-state index contributed by atoms with van der Waals surface area (Å²) in [6, 6.07) is 9.27. The molecular weight excluding hydrogens is 403 g/mol. The lowest BCUT2D eigenvalue weighted by atomic mass is 10.2. The number of benzene rings is 2. The van der Waals surface area contributed by atoms with Crippen LogP contribution in [0.2, 0.25) is 0 Å². The number of nitrogens with zero attached hydrogens (tertiary/aromatic N) is 2. The van der Waals surface area contributed by atoms with Crippen molar-refractivity contribution in [3.63, 3.8) is 0 Å². The molecule has 1 saturated heterocycles. The van der Waals surface area contributed by atoms with Crippen molar-refractivity contribution >= 4 is 23.5 Å². The maximum atomic E-state index is 13.1. The quantitative estimate of drug-likeness (QED) is 0.698. The molecular formula is C20H18F3N3O4. The Morgan fingerprint density at radius 2 is 1.73 bits per heavy atom. The molecule has 1 atom stereocenters. The summed E-state index contributed by atoms with van der Waals surface area (Å²) in [5.74, 6) is -1.61. The van der Waals surface area contributed by atoms with Crippen LogP contribution in [-0.2, 0) is 16.1 Å². The van der Waals surface area contributed by atoms with Gasteiger partial charge in [0.1, 0.15) is 24.2 Å². The number of urea groups is 1. The first kappa shape index (κ1) is 21.2. The van der Waals surface area contributed by atoms with Crippen molar-refractivity contribution in [1.82, 2.24) is 10.2 Å². The van der Waals surface area contributed by atoms with Gasteiger partial charge in [0, 0.05) is 12.2 Å². The molecule has 1 unspecified atom stereocenters. The largest absolute Gasteiger partial charge is 0.435 e. The molecule has 2 aromatic rings. The molecule has 1 aliphatic rings. The number of amides is 4. The third-order valence-corrected chi connectivity index (χ3v) is 4.49. The first-order valence-corrected chi connectivity index (χ1v) is 8.97. The summed E-state index contributed by atoms with van der Waals surface area (Å²) in [5.41, 5.74) is 0.960. The van der Waals surface area contributed by atoms with Crippen LogP contribution in [-0.4, -0.2) is 41.9 Å². The number of anilines is 1. The fraction of sp³-hybridized carbons (Fsp3) is 0.250. The van der Waals surface area contributed by atoms with Gasteiger partial charge in [-0.25, -0.2) is 9.18 Å². The minimum atomic E-state index is -2.93. The van der Waals surface area contributed by atoms with E-state index in [1.54, 1.807) is 0 Å². The predicted molar refractivity (Wildman–Crippen MR) is 100 cm³/mol. The van der Waals surface area contributed by atoms with Crippen LogP contribution in [0.4, 0.5) is 23.7 Å². The second-order valence-electron chi connectivity index (χ2n) is 6.53. The third-order valence-electron chi connectivity index (χ3n) is 4.49. The van der Waals surface area contributed by atoms with E-state index in [-0.39, 0.29) is 12.3 Å². The van der Waals surface area contributed by atoms with E-state index in [2.05, 4.69) is 10.1 Å². The molecule has 4 amide bonds. The molecule has 0 aliphatic carbocycles. The lowest BCUT2D eigenvalue weighted by molar-refractivity contribution is -0.131. The van der Waals surface area contributed by atoms with E-state index in [9.17, 15) is 27.6 Å². The second kappa shape index (κ2) is 8.85. The molecule has 0 saturated carbocycles. The van der Waals surface area contributed by atoms with Gasteiger partial charge in [-0.3, -0.25) is 19.4 Å². The summed E-state index contributed by atoms with van der Waals surface area (Å²) in [5, 5.41) is 2.56. The highest BCUT2D eigenvalue weighted by molar-refractivity contribution is 6.15. The maximum absolute atomic E-state index is 13.1. The highest BCUT2D eigenvalue weighted by Gasteiger charge is 2.44. The van der Waals surface area contributed by atoms with Crippen LogP contribution in [0, 0.1) is 5.82 Å². The number of rotatable bonds is 7. The number of carbonyl (C=O) groups excluding carboxylic acids is 3. The Labute approximate surface area is 170 Å². The Kier molecular flexibility index (Phi) is 6.24. The topological polar surface area (TPSA) is 79.0 Å². The van der Waals surface area contributed by atoms with Crippen LogP contribution in [0.1, 0.15) is 12.5 Å². The smallest absolute Gasteiger partial charge is 0.387 e. The number of hydrogen-bond donors (Lipinski definition) is 1. The number of nitrogens with one attached hydrogen (secondary N) is 1. The lowest BCUT2D eigenvalue weighted by Gasteiger charge is -2.19. The van der Waals surface area contributed by atoms with Gasteiger partial charge < -0.3 is 10.1 Å². The Balaban J connectivity index is 1.58. The number of alkyl halides is 2. The lowest BCUT2D eigenvalue weighted by Crippen LogP contribution is -2.41. The fourth-order valence-electron chi connectivity index (χ4n) is 3.00. The molecule has 7 nitrogen and oxygen atoms in total. The van der Waals surface area contributed by atoms with Crippen LogP contribution in [0.25, 0.3) is 0 Å². The van der Waals surface area contributed by atoms with Crippen LogP contribution < -0.4 is 15.0 Å². The monoisotopic (exact) mass is 421 g/mol. The van der Waals surface area contributed by atoms with Crippen molar-refractivity contribution in [3.05, 3.63) is 59.9 Å². The summed E-state index contributed by atoms with van der Waals surface area (Å²) in [7, 11) is 0. The number of ether oxygens (including phenoxy) is 1. The Hall–Kier alpha value is -3.56. The van der Waals surface area contributed by atoms with Crippen molar-refractivity contribution in [2.45, 2.75) is 26.1 Å². The molecule has 1 aliphatic heterocycles. The standard InChI is InChI=1S/C20H18F3N3O4/c1-12-18(28)25(20(29)26(12)15-6-4-14(21)5-7-15)11-17(27)24-10-13-2-8-16(9-3-13)30-19(22)23/h2-9,12,19H,10-11H2,1H3,(H,24,27). The highest BCUT2D eigenvalue weighted by Crippen LogP contribution is 2.25. The fourth-order valence-corrected chi connectivity index (χ4v) is 3.00. The van der Waals surface area contributed by atoms with Crippen molar-refractivity contribution in [2.75, 3.05) is 11.4 Å². The van der Waals surface area contributed by atoms with E-state index in [4.69, 9.17) is 0 Å². The van der Waals surface area contributed by atoms with Crippen LogP contribution in [0.15, 0.2) is 48.5 Å². The minimum absolute atomic E-state index is 0.0109. The average Bonchev–Trinajstić information content (AvgIpc) is 2.91. The Morgan fingerprint density at radius 1 is 1.10 bits per heavy atom. The van der Waals surface area contributed by atoms with Gasteiger partial charge in [-0.05, 0) is 48.9 Å². The molecule has 1 fully saturated rings. The highest BCUT2D eigenvalue weighted by atomic mass is 19.3. The molecule has 0 radical (unpaired) electrons. The molecule has 158 valence electrons. The number of halogens is 3. The van der Waals surface area contributed by atoms with Crippen LogP contribution >= 0.6 is 0 Å². The molecule has 1 N–H and O–H groups in total. The molecule has 10 heteroatoms. The van der Waals surface area contributed by atoms with E-state index >= 15 is 0 Å². The van der Waals surface area contributed by atoms with E-state index in [0.717, 1.165) is 4.90 Å². The van der Waals surface area contributed by atoms with Gasteiger partial charge in [0.2, 0.25) is 5.91 Å². The van der Waals surface area contributed by atoms with Crippen molar-refractivity contribution in [1.29, 1.82) is 0 Å². The summed E-state index contributed by atoms with van der Waals surface area (Å²) in [4.78, 5) is 39.3. The summed E-state index contributed by atoms with van der Waals surface area (Å²) in [6.07, 6.45) is 0. The molecule has 3 rings (SSSR count). The SMILES string of the molecule is CC1C(=O)N(CC(=O)NCc2ccc(OC(F)F)cc2)C(=O)N1c1ccc(F)cc1. The van der Waals surface area contributed by atoms with Gasteiger partial charge in [-0.1, -0.05) is 12.1 Å². The van der Waals surface area contributed by atoms with Gasteiger partial charge in [-0.2, -0.15) is 8.78 Å². The first-order valence-electron chi connectivity index (χ1n) is 8.97.